The van der Waals surface area contributed by atoms with E-state index in [0.29, 0.717) is 0 Å². The molecule has 0 saturated carbocycles. The van der Waals surface area contributed by atoms with Crippen LogP contribution in [0.2, 0.25) is 0 Å². The molecule has 0 aromatic carbocycles. The van der Waals surface area contributed by atoms with Crippen molar-refractivity contribution in [1.82, 2.24) is 0 Å². The third-order valence-electron chi connectivity index (χ3n) is 2.91. The van der Waals surface area contributed by atoms with Gasteiger partial charge in [-0.2, -0.15) is 0 Å². The van der Waals surface area contributed by atoms with Crippen LogP contribution in [-0.4, -0.2) is 98.5 Å². The summed E-state index contributed by atoms with van der Waals surface area (Å²) in [6.07, 6.45) is -9.94. The van der Waals surface area contributed by atoms with Gasteiger partial charge >= 0.3 is 0 Å². The first-order chi connectivity index (χ1) is 8.92. The first kappa shape index (κ1) is 16.7. The number of hydrogen-bond acceptors (Lipinski definition) is 9. The van der Waals surface area contributed by atoms with E-state index in [1.165, 1.54) is 0 Å². The van der Waals surface area contributed by atoms with Crippen LogP contribution in [0.25, 0.3) is 0 Å². The highest BCUT2D eigenvalue weighted by Gasteiger charge is 2.44. The summed E-state index contributed by atoms with van der Waals surface area (Å²) in [6.45, 7) is -1.73. The highest BCUT2D eigenvalue weighted by molar-refractivity contribution is 4.89. The molecule has 0 bridgehead atoms. The van der Waals surface area contributed by atoms with E-state index in [0.717, 1.165) is 0 Å². The van der Waals surface area contributed by atoms with Gasteiger partial charge in [-0.15, -0.1) is 0 Å². The maximum Gasteiger partial charge on any atom is 0.186 e. The summed E-state index contributed by atoms with van der Waals surface area (Å²) in [5.41, 5.74) is 0. The van der Waals surface area contributed by atoms with Crippen molar-refractivity contribution in [2.24, 2.45) is 0 Å². The summed E-state index contributed by atoms with van der Waals surface area (Å²) in [4.78, 5) is 0. The van der Waals surface area contributed by atoms with Crippen molar-refractivity contribution >= 4 is 0 Å². The molecule has 0 amide bonds. The Hall–Kier alpha value is -0.360. The van der Waals surface area contributed by atoms with Crippen LogP contribution in [0.5, 0.6) is 0 Å². The second-order valence-electron chi connectivity index (χ2n) is 4.35. The summed E-state index contributed by atoms with van der Waals surface area (Å²) in [6, 6.07) is 0. The number of aliphatic hydroxyl groups excluding tert-OH is 7. The van der Waals surface area contributed by atoms with E-state index in [4.69, 9.17) is 24.8 Å². The van der Waals surface area contributed by atoms with Crippen LogP contribution in [0.1, 0.15) is 0 Å². The second kappa shape index (κ2) is 7.43. The van der Waals surface area contributed by atoms with Gasteiger partial charge in [0.2, 0.25) is 0 Å². The minimum Gasteiger partial charge on any atom is -0.394 e. The minimum atomic E-state index is -1.57. The van der Waals surface area contributed by atoms with Crippen molar-refractivity contribution in [1.29, 1.82) is 0 Å². The zero-order chi connectivity index (χ0) is 14.6. The quantitative estimate of drug-likeness (QED) is 0.255. The van der Waals surface area contributed by atoms with Gasteiger partial charge in [-0.1, -0.05) is 0 Å². The molecule has 1 fully saturated rings. The lowest BCUT2D eigenvalue weighted by molar-refractivity contribution is -0.306. The van der Waals surface area contributed by atoms with E-state index in [9.17, 15) is 20.4 Å². The molecule has 114 valence electrons. The Balaban J connectivity index is 2.52. The van der Waals surface area contributed by atoms with Gasteiger partial charge in [0.1, 0.15) is 36.6 Å². The van der Waals surface area contributed by atoms with Crippen molar-refractivity contribution in [3.63, 3.8) is 0 Å². The summed E-state index contributed by atoms with van der Waals surface area (Å²) in [5.74, 6) is 0. The Bertz CT molecular complexity index is 261. The summed E-state index contributed by atoms with van der Waals surface area (Å²) < 4.78 is 9.96. The molecule has 0 radical (unpaired) electrons. The molecule has 9 nitrogen and oxygen atoms in total. The summed E-state index contributed by atoms with van der Waals surface area (Å²) in [5, 5.41) is 64.5. The molecule has 7 N–H and O–H groups in total. The Morgan fingerprint density at radius 2 is 1.58 bits per heavy atom. The maximum atomic E-state index is 9.59. The molecule has 0 unspecified atom stereocenters. The van der Waals surface area contributed by atoms with E-state index in [2.05, 4.69) is 0 Å². The number of aliphatic hydroxyl groups is 7. The molecular weight excluding hydrogens is 264 g/mol. The molecule has 0 aromatic rings. The van der Waals surface area contributed by atoms with Crippen molar-refractivity contribution in [3.05, 3.63) is 0 Å². The normalized spacial score (nSPS) is 39.0. The molecular formula is C10H20O9. The van der Waals surface area contributed by atoms with E-state index in [1.54, 1.807) is 0 Å². The average Bonchev–Trinajstić information content (AvgIpc) is 2.42. The van der Waals surface area contributed by atoms with Crippen molar-refractivity contribution in [2.45, 2.75) is 42.9 Å². The lowest BCUT2D eigenvalue weighted by Crippen LogP contribution is -2.59. The van der Waals surface area contributed by atoms with Crippen LogP contribution in [-0.2, 0) is 9.47 Å². The third-order valence-corrected chi connectivity index (χ3v) is 2.91. The van der Waals surface area contributed by atoms with Crippen LogP contribution in [0.3, 0.4) is 0 Å². The van der Waals surface area contributed by atoms with Crippen molar-refractivity contribution in [3.8, 4) is 0 Å². The van der Waals surface area contributed by atoms with Crippen LogP contribution < -0.4 is 0 Å². The summed E-state index contributed by atoms with van der Waals surface area (Å²) in [7, 11) is 0. The van der Waals surface area contributed by atoms with Crippen LogP contribution in [0.15, 0.2) is 0 Å². The zero-order valence-corrected chi connectivity index (χ0v) is 10.1. The predicted molar refractivity (Wildman–Crippen MR) is 58.8 cm³/mol. The Morgan fingerprint density at radius 1 is 0.947 bits per heavy atom. The van der Waals surface area contributed by atoms with Gasteiger partial charge in [-0.3, -0.25) is 0 Å². The fraction of sp³-hybridized carbons (Fsp3) is 1.00. The first-order valence-electron chi connectivity index (χ1n) is 5.81. The van der Waals surface area contributed by atoms with E-state index < -0.39 is 62.7 Å². The lowest BCUT2D eigenvalue weighted by Gasteiger charge is -2.39. The molecule has 9 heteroatoms. The molecule has 1 aliphatic heterocycles. The van der Waals surface area contributed by atoms with Crippen molar-refractivity contribution < 1.29 is 45.2 Å². The molecule has 19 heavy (non-hydrogen) atoms. The van der Waals surface area contributed by atoms with E-state index in [-0.39, 0.29) is 0 Å². The van der Waals surface area contributed by atoms with Gasteiger partial charge in [0, 0.05) is 0 Å². The Kier molecular flexibility index (Phi) is 6.53. The van der Waals surface area contributed by atoms with Gasteiger partial charge in [0.15, 0.2) is 6.29 Å². The average molecular weight is 284 g/mol. The standard InChI is InChI=1S/C10H20O9/c11-1-4(13)5(14)3-18-10-9(17)8(16)7(15)6(2-12)19-10/h4-17H,1-3H2/t4-,5+,6-,7-,8+,9-,10+/m1/s1. The monoisotopic (exact) mass is 284 g/mol. The smallest absolute Gasteiger partial charge is 0.186 e. The molecule has 1 aliphatic rings. The van der Waals surface area contributed by atoms with Crippen LogP contribution in [0, 0.1) is 0 Å². The third kappa shape index (κ3) is 4.05. The number of hydrogen-bond donors (Lipinski definition) is 7. The molecule has 1 rings (SSSR count). The summed E-state index contributed by atoms with van der Waals surface area (Å²) >= 11 is 0. The lowest BCUT2D eigenvalue weighted by atomic mass is 9.99. The second-order valence-corrected chi connectivity index (χ2v) is 4.35. The van der Waals surface area contributed by atoms with Gasteiger partial charge in [0.05, 0.1) is 19.8 Å². The van der Waals surface area contributed by atoms with Crippen molar-refractivity contribution in [2.75, 3.05) is 19.8 Å². The number of rotatable bonds is 6. The van der Waals surface area contributed by atoms with Crippen LogP contribution >= 0.6 is 0 Å². The van der Waals surface area contributed by atoms with Crippen LogP contribution in [0.4, 0.5) is 0 Å². The minimum absolute atomic E-state index is 0.468. The fourth-order valence-electron chi connectivity index (χ4n) is 1.63. The van der Waals surface area contributed by atoms with E-state index in [1.807, 2.05) is 0 Å². The van der Waals surface area contributed by atoms with Gasteiger partial charge in [-0.25, -0.2) is 0 Å². The molecule has 0 aliphatic carbocycles. The molecule has 0 aromatic heterocycles. The maximum absolute atomic E-state index is 9.59. The molecule has 0 spiro atoms. The van der Waals surface area contributed by atoms with E-state index >= 15 is 0 Å². The zero-order valence-electron chi connectivity index (χ0n) is 10.1. The molecule has 1 saturated heterocycles. The number of ether oxygens (including phenoxy) is 2. The Morgan fingerprint density at radius 3 is 2.11 bits per heavy atom. The van der Waals surface area contributed by atoms with Gasteiger partial charge in [-0.05, 0) is 0 Å². The SMILES string of the molecule is OC[C@@H](O)[C@@H](O)CO[C@H]1O[C@H](CO)[C@@H](O)[C@H](O)[C@H]1O. The molecule has 1 heterocycles. The first-order valence-corrected chi connectivity index (χ1v) is 5.81. The Labute approximate surface area is 109 Å². The van der Waals surface area contributed by atoms with Gasteiger partial charge in [0.25, 0.3) is 0 Å². The van der Waals surface area contributed by atoms with Gasteiger partial charge < -0.3 is 45.2 Å². The highest BCUT2D eigenvalue weighted by atomic mass is 16.7. The predicted octanol–water partition coefficient (Wildman–Crippen LogP) is -4.48. The highest BCUT2D eigenvalue weighted by Crippen LogP contribution is 2.22. The molecule has 7 atom stereocenters. The fourth-order valence-corrected chi connectivity index (χ4v) is 1.63. The largest absolute Gasteiger partial charge is 0.394 e. The topological polar surface area (TPSA) is 160 Å².